The second kappa shape index (κ2) is 43.7. The summed E-state index contributed by atoms with van der Waals surface area (Å²) in [6, 6.07) is -0.716. The third-order valence-electron chi connectivity index (χ3n) is 10.4. The number of hydrogen-bond donors (Lipinski definition) is 3. The Bertz CT molecular complexity index is 1010. The Balaban J connectivity index is 4.66. The summed E-state index contributed by atoms with van der Waals surface area (Å²) in [5, 5.41) is 23.7. The smallest absolute Gasteiger partial charge is 0.306 e. The maximum Gasteiger partial charge on any atom is 0.306 e. The first-order chi connectivity index (χ1) is 27.5. The molecule has 3 N–H and O–H groups in total. The van der Waals surface area contributed by atoms with E-state index in [2.05, 4.69) is 62.5 Å². The van der Waals surface area contributed by atoms with Gasteiger partial charge in [-0.15, -0.1) is 0 Å². The van der Waals surface area contributed by atoms with Gasteiger partial charge in [0, 0.05) is 6.42 Å². The van der Waals surface area contributed by atoms with Crippen LogP contribution in [0.5, 0.6) is 0 Å². The van der Waals surface area contributed by atoms with Gasteiger partial charge < -0.3 is 20.3 Å². The number of esters is 1. The molecular weight excluding hydrogens is 695 g/mol. The van der Waals surface area contributed by atoms with E-state index in [0.717, 1.165) is 77.0 Å². The van der Waals surface area contributed by atoms with Crippen LogP contribution in [0.25, 0.3) is 0 Å². The summed E-state index contributed by atoms with van der Waals surface area (Å²) >= 11 is 0. The maximum absolute atomic E-state index is 13.1. The van der Waals surface area contributed by atoms with Crippen molar-refractivity contribution in [1.29, 1.82) is 0 Å². The molecule has 3 atom stereocenters. The van der Waals surface area contributed by atoms with E-state index < -0.39 is 18.2 Å². The van der Waals surface area contributed by atoms with Crippen molar-refractivity contribution >= 4 is 11.9 Å². The fraction of sp³-hybridized carbons (Fsp3) is 0.760. The Morgan fingerprint density at radius 1 is 0.536 bits per heavy atom. The molecule has 6 nitrogen and oxygen atoms in total. The molecule has 0 heterocycles. The highest BCUT2D eigenvalue weighted by molar-refractivity contribution is 5.77. The van der Waals surface area contributed by atoms with Crippen molar-refractivity contribution in [2.24, 2.45) is 0 Å². The minimum Gasteiger partial charge on any atom is -0.462 e. The number of aliphatic hydroxyl groups is 2. The molecule has 0 bridgehead atoms. The Labute approximate surface area is 346 Å². The van der Waals surface area contributed by atoms with Crippen LogP contribution in [-0.4, -0.2) is 46.9 Å². The Morgan fingerprint density at radius 2 is 1.00 bits per heavy atom. The molecule has 1 amide bonds. The van der Waals surface area contributed by atoms with Crippen LogP contribution in [0.3, 0.4) is 0 Å². The third kappa shape index (κ3) is 38.4. The largest absolute Gasteiger partial charge is 0.462 e. The van der Waals surface area contributed by atoms with Crippen LogP contribution < -0.4 is 5.32 Å². The molecule has 0 aliphatic rings. The van der Waals surface area contributed by atoms with Gasteiger partial charge in [-0.2, -0.15) is 0 Å². The zero-order chi connectivity index (χ0) is 41.0. The van der Waals surface area contributed by atoms with E-state index in [-0.39, 0.29) is 24.9 Å². The highest BCUT2D eigenvalue weighted by Crippen LogP contribution is 2.17. The van der Waals surface area contributed by atoms with Gasteiger partial charge in [-0.1, -0.05) is 204 Å². The number of ether oxygens (including phenoxy) is 1. The predicted octanol–water partition coefficient (Wildman–Crippen LogP) is 13.7. The number of aliphatic hydroxyl groups excluding tert-OH is 2. The first kappa shape index (κ1) is 53.6. The van der Waals surface area contributed by atoms with E-state index >= 15 is 0 Å². The molecule has 0 saturated heterocycles. The Kier molecular flexibility index (Phi) is 41.8. The molecule has 56 heavy (non-hydrogen) atoms. The van der Waals surface area contributed by atoms with Gasteiger partial charge in [0.2, 0.25) is 5.91 Å². The second-order valence-corrected chi connectivity index (χ2v) is 15.9. The molecule has 0 aliphatic heterocycles. The molecule has 0 spiro atoms. The average molecular weight is 784 g/mol. The molecule has 0 fully saturated rings. The zero-order valence-electron chi connectivity index (χ0n) is 36.8. The van der Waals surface area contributed by atoms with Crippen molar-refractivity contribution in [3.05, 3.63) is 60.8 Å². The molecule has 0 aromatic rings. The number of hydrogen-bond acceptors (Lipinski definition) is 5. The van der Waals surface area contributed by atoms with Crippen molar-refractivity contribution < 1.29 is 24.5 Å². The number of nitrogens with one attached hydrogen (secondary N) is 1. The van der Waals surface area contributed by atoms with Crippen molar-refractivity contribution in [3.63, 3.8) is 0 Å². The lowest BCUT2D eigenvalue weighted by atomic mass is 10.0. The molecular formula is C50H89NO5. The minimum atomic E-state index is -0.799. The Morgan fingerprint density at radius 3 is 1.59 bits per heavy atom. The van der Waals surface area contributed by atoms with Crippen LogP contribution in [0.1, 0.15) is 220 Å². The highest BCUT2D eigenvalue weighted by atomic mass is 16.5. The molecule has 3 unspecified atom stereocenters. The highest BCUT2D eigenvalue weighted by Gasteiger charge is 2.24. The first-order valence-electron chi connectivity index (χ1n) is 23.6. The molecule has 6 heteroatoms. The molecule has 0 saturated carbocycles. The van der Waals surface area contributed by atoms with Crippen LogP contribution in [-0.2, 0) is 14.3 Å². The summed E-state index contributed by atoms with van der Waals surface area (Å²) in [6.07, 6.45) is 52.8. The minimum absolute atomic E-state index is 0.0468. The monoisotopic (exact) mass is 784 g/mol. The lowest BCUT2D eigenvalue weighted by Crippen LogP contribution is -2.46. The van der Waals surface area contributed by atoms with Gasteiger partial charge in [0.1, 0.15) is 6.10 Å². The summed E-state index contributed by atoms with van der Waals surface area (Å²) in [6.45, 7) is 6.28. The fourth-order valence-electron chi connectivity index (χ4n) is 6.83. The number of rotatable bonds is 41. The van der Waals surface area contributed by atoms with Crippen molar-refractivity contribution in [1.82, 2.24) is 5.32 Å². The van der Waals surface area contributed by atoms with Gasteiger partial charge in [0.25, 0.3) is 0 Å². The number of carbonyl (C=O) groups is 2. The van der Waals surface area contributed by atoms with Crippen LogP contribution in [0.2, 0.25) is 0 Å². The number of amides is 1. The van der Waals surface area contributed by atoms with Crippen LogP contribution >= 0.6 is 0 Å². The van der Waals surface area contributed by atoms with Gasteiger partial charge in [0.15, 0.2) is 0 Å². The molecule has 0 aromatic heterocycles. The van der Waals surface area contributed by atoms with E-state index in [1.165, 1.54) is 96.3 Å². The standard InChI is InChI=1S/C50H89NO5/c1-4-7-10-13-16-19-22-24-27-29-32-35-38-41-46(56-50(55)43-40-37-34-31-26-21-18-15-12-9-6-3)44-49(54)51-47(45-52)48(53)42-39-36-33-30-28-25-23-20-17-14-11-8-5-2/h7,10,13,15-16,18-19,22,24,27,46-48,52-53H,4-6,8-9,11-12,14,17,20-21,23,25-26,28-45H2,1-3H3,(H,51,54)/b10-7+,16-13+,18-15-,22-19+,27-24-. The fourth-order valence-corrected chi connectivity index (χ4v) is 6.83. The van der Waals surface area contributed by atoms with Crippen molar-refractivity contribution in [2.75, 3.05) is 6.61 Å². The van der Waals surface area contributed by atoms with Gasteiger partial charge >= 0.3 is 5.97 Å². The molecule has 0 aromatic carbocycles. The van der Waals surface area contributed by atoms with Crippen LogP contribution in [0.15, 0.2) is 60.8 Å². The number of unbranched alkanes of at least 4 members (excludes halogenated alkanes) is 22. The summed E-state index contributed by atoms with van der Waals surface area (Å²) in [4.78, 5) is 26.0. The lowest BCUT2D eigenvalue weighted by molar-refractivity contribution is -0.151. The quantitative estimate of drug-likeness (QED) is 0.0248. The molecule has 324 valence electrons. The maximum atomic E-state index is 13.1. The first-order valence-corrected chi connectivity index (χ1v) is 23.6. The van der Waals surface area contributed by atoms with Gasteiger partial charge in [0.05, 0.1) is 25.2 Å². The predicted molar refractivity (Wildman–Crippen MR) is 241 cm³/mol. The molecule has 0 rings (SSSR count). The SMILES string of the molecule is CC/C=C/C=C/C=C/C=C\CCCCCC(CC(=O)NC(CO)C(O)CCCCCCCCCCCCCCC)OC(=O)CCCCCCC/C=C\CCCC. The van der Waals surface area contributed by atoms with E-state index in [1.54, 1.807) is 0 Å². The van der Waals surface area contributed by atoms with Crippen LogP contribution in [0.4, 0.5) is 0 Å². The molecule has 0 aliphatic carbocycles. The van der Waals surface area contributed by atoms with Crippen molar-refractivity contribution in [2.45, 2.75) is 238 Å². The van der Waals surface area contributed by atoms with Crippen molar-refractivity contribution in [3.8, 4) is 0 Å². The second-order valence-electron chi connectivity index (χ2n) is 15.9. The van der Waals surface area contributed by atoms with E-state index in [1.807, 2.05) is 24.3 Å². The normalized spacial score (nSPS) is 13.9. The topological polar surface area (TPSA) is 95.9 Å². The van der Waals surface area contributed by atoms with Gasteiger partial charge in [-0.05, 0) is 64.2 Å². The molecule has 0 radical (unpaired) electrons. The van der Waals surface area contributed by atoms with Gasteiger partial charge in [-0.25, -0.2) is 0 Å². The summed E-state index contributed by atoms with van der Waals surface area (Å²) in [7, 11) is 0. The lowest BCUT2D eigenvalue weighted by Gasteiger charge is -2.24. The summed E-state index contributed by atoms with van der Waals surface area (Å²) in [5.74, 6) is -0.527. The number of allylic oxidation sites excluding steroid dienone is 10. The summed E-state index contributed by atoms with van der Waals surface area (Å²) in [5.41, 5.74) is 0. The Hall–Kier alpha value is -2.44. The van der Waals surface area contributed by atoms with Crippen LogP contribution in [0, 0.1) is 0 Å². The third-order valence-corrected chi connectivity index (χ3v) is 10.4. The number of carbonyl (C=O) groups excluding carboxylic acids is 2. The van der Waals surface area contributed by atoms with E-state index in [0.29, 0.717) is 19.3 Å². The average Bonchev–Trinajstić information content (AvgIpc) is 3.19. The van der Waals surface area contributed by atoms with Gasteiger partial charge in [-0.3, -0.25) is 9.59 Å². The van der Waals surface area contributed by atoms with E-state index in [4.69, 9.17) is 4.74 Å². The zero-order valence-corrected chi connectivity index (χ0v) is 36.8. The van der Waals surface area contributed by atoms with E-state index in [9.17, 15) is 19.8 Å². The summed E-state index contributed by atoms with van der Waals surface area (Å²) < 4.78 is 5.88.